The van der Waals surface area contributed by atoms with Gasteiger partial charge in [-0.2, -0.15) is 4.72 Å². The van der Waals surface area contributed by atoms with Gasteiger partial charge in [0.05, 0.1) is 0 Å². The lowest BCUT2D eigenvalue weighted by Gasteiger charge is -2.13. The first-order valence-electron chi connectivity index (χ1n) is 8.66. The first-order chi connectivity index (χ1) is 13.0. The minimum atomic E-state index is -4.21. The molecule has 1 aromatic heterocycles. The molecule has 0 unspecified atom stereocenters. The van der Waals surface area contributed by atoms with Gasteiger partial charge in [-0.25, -0.2) is 12.8 Å². The summed E-state index contributed by atoms with van der Waals surface area (Å²) in [5.41, 5.74) is 2.14. The highest BCUT2D eigenvalue weighted by Crippen LogP contribution is 2.20. The summed E-state index contributed by atoms with van der Waals surface area (Å²) in [6.07, 6.45) is 0. The molecule has 0 aliphatic heterocycles. The van der Waals surface area contributed by atoms with Gasteiger partial charge in [0.2, 0.25) is 15.8 Å². The van der Waals surface area contributed by atoms with Gasteiger partial charge in [0.1, 0.15) is 17.3 Å². The Balaban J connectivity index is 1.95. The molecule has 0 fully saturated rings. The average molecular weight is 410 g/mol. The van der Waals surface area contributed by atoms with Crippen LogP contribution in [0.1, 0.15) is 41.6 Å². The summed E-state index contributed by atoms with van der Waals surface area (Å²) in [6, 6.07) is 6.70. The second kappa shape index (κ2) is 8.66. The molecule has 1 N–H and O–H groups in total. The highest BCUT2D eigenvalue weighted by molar-refractivity contribution is 7.89. The number of rotatable bonds is 8. The molecule has 9 heteroatoms. The van der Waals surface area contributed by atoms with Crippen molar-refractivity contribution in [3.63, 3.8) is 0 Å². The minimum Gasteiger partial charge on any atom is -0.456 e. The third-order valence-corrected chi connectivity index (χ3v) is 5.63. The van der Waals surface area contributed by atoms with E-state index in [2.05, 4.69) is 0 Å². The molecule has 152 valence electrons. The Morgan fingerprint density at radius 3 is 2.43 bits per heavy atom. The van der Waals surface area contributed by atoms with E-state index in [4.69, 9.17) is 4.74 Å². The van der Waals surface area contributed by atoms with Crippen LogP contribution in [0.4, 0.5) is 4.39 Å². The molecule has 7 nitrogen and oxygen atoms in total. The number of nitrogens with one attached hydrogen (secondary N) is 1. The van der Waals surface area contributed by atoms with Crippen molar-refractivity contribution in [3.8, 4) is 0 Å². The predicted molar refractivity (Wildman–Crippen MR) is 101 cm³/mol. The molecule has 2 rings (SSSR count). The number of carbonyl (C=O) groups excluding carboxylic acids is 2. The molecule has 0 spiro atoms. The van der Waals surface area contributed by atoms with Gasteiger partial charge in [-0.15, -0.1) is 0 Å². The van der Waals surface area contributed by atoms with Gasteiger partial charge in [-0.05, 0) is 45.9 Å². The SMILES string of the molecule is Cc1cc(C(=O)COC(=O)CNS(=O)(=O)c2ccccc2F)c(C)n1C(C)C. The van der Waals surface area contributed by atoms with Crippen LogP contribution in [-0.2, 0) is 19.6 Å². The van der Waals surface area contributed by atoms with Crippen LogP contribution < -0.4 is 4.72 Å². The van der Waals surface area contributed by atoms with E-state index in [0.29, 0.717) is 5.56 Å². The van der Waals surface area contributed by atoms with Crippen LogP contribution in [0.5, 0.6) is 0 Å². The Kier molecular flexibility index (Phi) is 6.73. The molecule has 1 aromatic carbocycles. The van der Waals surface area contributed by atoms with Crippen molar-refractivity contribution in [2.45, 2.75) is 38.6 Å². The summed E-state index contributed by atoms with van der Waals surface area (Å²) in [4.78, 5) is 23.6. The summed E-state index contributed by atoms with van der Waals surface area (Å²) in [6.45, 7) is 6.46. The van der Waals surface area contributed by atoms with Gasteiger partial charge in [0, 0.05) is 23.0 Å². The Hall–Kier alpha value is -2.52. The Morgan fingerprint density at radius 1 is 1.21 bits per heavy atom. The van der Waals surface area contributed by atoms with Crippen molar-refractivity contribution in [2.24, 2.45) is 0 Å². The third-order valence-electron chi connectivity index (χ3n) is 4.20. The summed E-state index contributed by atoms with van der Waals surface area (Å²) in [7, 11) is -4.21. The number of carbonyl (C=O) groups is 2. The van der Waals surface area contributed by atoms with E-state index in [0.717, 1.165) is 23.5 Å². The van der Waals surface area contributed by atoms with Crippen molar-refractivity contribution in [3.05, 3.63) is 53.1 Å². The monoisotopic (exact) mass is 410 g/mol. The third kappa shape index (κ3) is 4.85. The fraction of sp³-hybridized carbons (Fsp3) is 0.368. The van der Waals surface area contributed by atoms with Crippen molar-refractivity contribution in [1.82, 2.24) is 9.29 Å². The molecule has 1 heterocycles. The van der Waals surface area contributed by atoms with E-state index in [-0.39, 0.29) is 11.8 Å². The smallest absolute Gasteiger partial charge is 0.321 e. The summed E-state index contributed by atoms with van der Waals surface area (Å²) in [5, 5.41) is 0. The van der Waals surface area contributed by atoms with E-state index < -0.39 is 39.9 Å². The number of hydrogen-bond acceptors (Lipinski definition) is 5. The number of benzene rings is 1. The Labute approximate surface area is 163 Å². The molecule has 0 amide bonds. The molecule has 0 aliphatic carbocycles. The second-order valence-electron chi connectivity index (χ2n) is 6.59. The molecule has 2 aromatic rings. The zero-order valence-electron chi connectivity index (χ0n) is 16.2. The first-order valence-corrected chi connectivity index (χ1v) is 10.1. The number of sulfonamides is 1. The molecule has 0 saturated heterocycles. The summed E-state index contributed by atoms with van der Waals surface area (Å²) < 4.78 is 46.5. The number of nitrogens with zero attached hydrogens (tertiary/aromatic N) is 1. The lowest BCUT2D eigenvalue weighted by Crippen LogP contribution is -2.32. The molecule has 0 atom stereocenters. The standard InChI is InChI=1S/C19H23FN2O5S/c1-12(2)22-13(3)9-15(14(22)4)17(23)11-27-19(24)10-21-28(25,26)18-8-6-5-7-16(18)20/h5-9,12,21H,10-11H2,1-4H3. The number of halogens is 1. The van der Waals surface area contributed by atoms with E-state index in [1.165, 1.54) is 12.1 Å². The summed E-state index contributed by atoms with van der Waals surface area (Å²) in [5.74, 6) is -2.25. The van der Waals surface area contributed by atoms with Crippen LogP contribution in [-0.4, -0.2) is 37.9 Å². The quantitative estimate of drug-likeness (QED) is 0.533. The second-order valence-corrected chi connectivity index (χ2v) is 8.32. The number of aromatic nitrogens is 1. The predicted octanol–water partition coefficient (Wildman–Crippen LogP) is 2.53. The molecule has 28 heavy (non-hydrogen) atoms. The van der Waals surface area contributed by atoms with Gasteiger partial charge in [0.15, 0.2) is 6.61 Å². The fourth-order valence-electron chi connectivity index (χ4n) is 3.02. The maximum absolute atomic E-state index is 13.6. The molecule has 0 radical (unpaired) electrons. The number of ketones is 1. The van der Waals surface area contributed by atoms with Crippen molar-refractivity contribution in [1.29, 1.82) is 0 Å². The lowest BCUT2D eigenvalue weighted by atomic mass is 10.1. The van der Waals surface area contributed by atoms with Gasteiger partial charge in [-0.3, -0.25) is 9.59 Å². The summed E-state index contributed by atoms with van der Waals surface area (Å²) >= 11 is 0. The van der Waals surface area contributed by atoms with Crippen molar-refractivity contribution < 1.29 is 27.1 Å². The van der Waals surface area contributed by atoms with Gasteiger partial charge >= 0.3 is 5.97 Å². The maximum Gasteiger partial charge on any atom is 0.321 e. The zero-order chi connectivity index (χ0) is 21.1. The van der Waals surface area contributed by atoms with E-state index in [9.17, 15) is 22.4 Å². The lowest BCUT2D eigenvalue weighted by molar-refractivity contribution is -0.141. The van der Waals surface area contributed by atoms with Gasteiger partial charge < -0.3 is 9.30 Å². The highest BCUT2D eigenvalue weighted by atomic mass is 32.2. The van der Waals surface area contributed by atoms with E-state index >= 15 is 0 Å². The van der Waals surface area contributed by atoms with Crippen molar-refractivity contribution >= 4 is 21.8 Å². The van der Waals surface area contributed by atoms with Gasteiger partial charge in [-0.1, -0.05) is 12.1 Å². The van der Waals surface area contributed by atoms with Crippen LogP contribution in [0, 0.1) is 19.7 Å². The molecular weight excluding hydrogens is 387 g/mol. The van der Waals surface area contributed by atoms with Crippen molar-refractivity contribution in [2.75, 3.05) is 13.2 Å². The number of esters is 1. The molecule has 0 aliphatic rings. The van der Waals surface area contributed by atoms with Crippen LogP contribution in [0.15, 0.2) is 35.2 Å². The average Bonchev–Trinajstić information content (AvgIpc) is 2.92. The molecular formula is C19H23FN2O5S. The van der Waals surface area contributed by atoms with Crippen LogP contribution in [0.25, 0.3) is 0 Å². The Bertz CT molecular complexity index is 996. The fourth-order valence-corrected chi connectivity index (χ4v) is 4.07. The first kappa shape index (κ1) is 21.8. The number of Topliss-reactive ketones (excluding diaryl/α,β-unsaturated/α-hetero) is 1. The number of hydrogen-bond donors (Lipinski definition) is 1. The van der Waals surface area contributed by atoms with Gasteiger partial charge in [0.25, 0.3) is 0 Å². The van der Waals surface area contributed by atoms with Crippen LogP contribution >= 0.6 is 0 Å². The normalized spacial score (nSPS) is 11.6. The maximum atomic E-state index is 13.6. The topological polar surface area (TPSA) is 94.5 Å². The molecule has 0 saturated carbocycles. The number of ether oxygens (including phenoxy) is 1. The Morgan fingerprint density at radius 2 is 1.86 bits per heavy atom. The van der Waals surface area contributed by atoms with E-state index in [1.54, 1.807) is 6.07 Å². The largest absolute Gasteiger partial charge is 0.456 e. The van der Waals surface area contributed by atoms with E-state index in [1.807, 2.05) is 37.0 Å². The zero-order valence-corrected chi connectivity index (χ0v) is 17.0. The van der Waals surface area contributed by atoms with Crippen LogP contribution in [0.2, 0.25) is 0 Å². The highest BCUT2D eigenvalue weighted by Gasteiger charge is 2.21. The minimum absolute atomic E-state index is 0.178. The van der Waals surface area contributed by atoms with Crippen LogP contribution in [0.3, 0.4) is 0 Å². The molecule has 0 bridgehead atoms. The number of aryl methyl sites for hydroxylation is 1.